The van der Waals surface area contributed by atoms with Gasteiger partial charge in [0.15, 0.2) is 5.69 Å². The molecule has 1 heterocycles. The van der Waals surface area contributed by atoms with Gasteiger partial charge in [-0.05, 0) is 32.6 Å². The standard InChI is InChI=1S/C18H28N2O5/c1-3-24-11-7-10-20(12-13(2)18(22)23)17(21)16-14-8-5-4-6-9-15(14)25-19-16/h13H,3-12H2,1-2H3,(H,22,23). The van der Waals surface area contributed by atoms with E-state index in [1.165, 1.54) is 0 Å². The zero-order chi connectivity index (χ0) is 18.2. The van der Waals surface area contributed by atoms with Gasteiger partial charge >= 0.3 is 5.97 Å². The highest BCUT2D eigenvalue weighted by Gasteiger charge is 2.28. The van der Waals surface area contributed by atoms with Crippen molar-refractivity contribution in [1.29, 1.82) is 0 Å². The highest BCUT2D eigenvalue weighted by atomic mass is 16.5. The van der Waals surface area contributed by atoms with Crippen molar-refractivity contribution in [2.75, 3.05) is 26.3 Å². The minimum atomic E-state index is -0.915. The van der Waals surface area contributed by atoms with E-state index in [1.807, 2.05) is 6.92 Å². The van der Waals surface area contributed by atoms with Crippen LogP contribution in [0.3, 0.4) is 0 Å². The summed E-state index contributed by atoms with van der Waals surface area (Å²) in [4.78, 5) is 25.8. The molecule has 0 aromatic carbocycles. The predicted octanol–water partition coefficient (Wildman–Crippen LogP) is 2.53. The Morgan fingerprint density at radius 2 is 2.08 bits per heavy atom. The van der Waals surface area contributed by atoms with Crippen molar-refractivity contribution < 1.29 is 24.0 Å². The van der Waals surface area contributed by atoms with Crippen molar-refractivity contribution in [3.63, 3.8) is 0 Å². The van der Waals surface area contributed by atoms with E-state index in [2.05, 4.69) is 5.16 Å². The Hall–Kier alpha value is -1.89. The van der Waals surface area contributed by atoms with Crippen LogP contribution in [-0.2, 0) is 22.4 Å². The Labute approximate surface area is 148 Å². The molecule has 1 N–H and O–H groups in total. The summed E-state index contributed by atoms with van der Waals surface area (Å²) in [7, 11) is 0. The van der Waals surface area contributed by atoms with E-state index in [0.717, 1.165) is 43.4 Å². The number of aliphatic carboxylic acids is 1. The second-order valence-electron chi connectivity index (χ2n) is 6.53. The van der Waals surface area contributed by atoms with E-state index < -0.39 is 11.9 Å². The number of hydrogen-bond acceptors (Lipinski definition) is 5. The summed E-state index contributed by atoms with van der Waals surface area (Å²) in [6.07, 6.45) is 5.44. The van der Waals surface area contributed by atoms with Crippen molar-refractivity contribution >= 4 is 11.9 Å². The van der Waals surface area contributed by atoms with E-state index in [9.17, 15) is 14.7 Å². The van der Waals surface area contributed by atoms with Gasteiger partial charge in [0.2, 0.25) is 0 Å². The van der Waals surface area contributed by atoms with Gasteiger partial charge in [-0.3, -0.25) is 9.59 Å². The molecule has 0 radical (unpaired) electrons. The number of carbonyl (C=O) groups is 2. The van der Waals surface area contributed by atoms with Crippen molar-refractivity contribution in [3.05, 3.63) is 17.0 Å². The van der Waals surface area contributed by atoms with Crippen LogP contribution in [-0.4, -0.2) is 53.3 Å². The molecule has 0 saturated carbocycles. The molecule has 0 fully saturated rings. The van der Waals surface area contributed by atoms with E-state index in [4.69, 9.17) is 9.26 Å². The molecule has 7 nitrogen and oxygen atoms in total. The number of aromatic nitrogens is 1. The number of nitrogens with zero attached hydrogens (tertiary/aromatic N) is 2. The molecule has 0 aliphatic heterocycles. The summed E-state index contributed by atoms with van der Waals surface area (Å²) in [6.45, 7) is 5.28. The molecular formula is C18H28N2O5. The highest BCUT2D eigenvalue weighted by Crippen LogP contribution is 2.24. The minimum Gasteiger partial charge on any atom is -0.481 e. The maximum Gasteiger partial charge on any atom is 0.308 e. The lowest BCUT2D eigenvalue weighted by molar-refractivity contribution is -0.141. The molecule has 1 aromatic heterocycles. The number of amides is 1. The number of ether oxygens (including phenoxy) is 1. The van der Waals surface area contributed by atoms with Crippen LogP contribution in [0.15, 0.2) is 4.52 Å². The van der Waals surface area contributed by atoms with Gasteiger partial charge in [0, 0.05) is 38.3 Å². The molecule has 1 atom stereocenters. The van der Waals surface area contributed by atoms with Gasteiger partial charge in [0.25, 0.3) is 5.91 Å². The molecule has 7 heteroatoms. The molecule has 1 amide bonds. The lowest BCUT2D eigenvalue weighted by Gasteiger charge is -2.24. The Morgan fingerprint density at radius 1 is 1.32 bits per heavy atom. The van der Waals surface area contributed by atoms with Crippen LogP contribution in [0.2, 0.25) is 0 Å². The molecule has 0 bridgehead atoms. The monoisotopic (exact) mass is 352 g/mol. The minimum absolute atomic E-state index is 0.155. The molecule has 0 spiro atoms. The van der Waals surface area contributed by atoms with Crippen LogP contribution in [0.4, 0.5) is 0 Å². The molecule has 1 aliphatic carbocycles. The van der Waals surface area contributed by atoms with Crippen molar-refractivity contribution in [2.24, 2.45) is 5.92 Å². The number of aryl methyl sites for hydroxylation is 1. The third kappa shape index (κ3) is 5.29. The number of fused-ring (bicyclic) bond motifs is 1. The van der Waals surface area contributed by atoms with Gasteiger partial charge in [-0.15, -0.1) is 0 Å². The maximum absolute atomic E-state index is 13.0. The topological polar surface area (TPSA) is 92.9 Å². The molecule has 1 unspecified atom stereocenters. The zero-order valence-corrected chi connectivity index (χ0v) is 15.1. The van der Waals surface area contributed by atoms with Crippen LogP contribution in [0, 0.1) is 5.92 Å². The fourth-order valence-electron chi connectivity index (χ4n) is 3.07. The Bertz CT molecular complexity index is 584. The molecule has 1 aromatic rings. The van der Waals surface area contributed by atoms with Crippen LogP contribution in [0.25, 0.3) is 0 Å². The Morgan fingerprint density at radius 3 is 2.80 bits per heavy atom. The number of carboxylic acids is 1. The van der Waals surface area contributed by atoms with Crippen molar-refractivity contribution in [1.82, 2.24) is 10.1 Å². The predicted molar refractivity (Wildman–Crippen MR) is 91.6 cm³/mol. The van der Waals surface area contributed by atoms with Crippen molar-refractivity contribution in [3.8, 4) is 0 Å². The van der Waals surface area contributed by atoms with E-state index in [1.54, 1.807) is 11.8 Å². The zero-order valence-electron chi connectivity index (χ0n) is 15.1. The van der Waals surface area contributed by atoms with E-state index in [-0.39, 0.29) is 12.5 Å². The number of carbonyl (C=O) groups excluding carboxylic acids is 1. The van der Waals surface area contributed by atoms with Crippen LogP contribution < -0.4 is 0 Å². The summed E-state index contributed by atoms with van der Waals surface area (Å²) in [5, 5.41) is 13.2. The van der Waals surface area contributed by atoms with Gasteiger partial charge in [-0.1, -0.05) is 18.5 Å². The van der Waals surface area contributed by atoms with Gasteiger partial charge in [0.05, 0.1) is 5.92 Å². The van der Waals surface area contributed by atoms with Gasteiger partial charge < -0.3 is 19.3 Å². The first kappa shape index (κ1) is 19.4. The summed E-state index contributed by atoms with van der Waals surface area (Å²) < 4.78 is 10.7. The van der Waals surface area contributed by atoms with Crippen LogP contribution in [0.1, 0.15) is 61.3 Å². The fourth-order valence-corrected chi connectivity index (χ4v) is 3.07. The average molecular weight is 352 g/mol. The molecule has 140 valence electrons. The highest BCUT2D eigenvalue weighted by molar-refractivity contribution is 5.94. The van der Waals surface area contributed by atoms with E-state index >= 15 is 0 Å². The Kier molecular flexibility index (Phi) is 7.43. The first-order chi connectivity index (χ1) is 12.0. The summed E-state index contributed by atoms with van der Waals surface area (Å²) >= 11 is 0. The van der Waals surface area contributed by atoms with Gasteiger partial charge in [-0.25, -0.2) is 0 Å². The number of carboxylic acid groups (broad SMARTS) is 1. The molecular weight excluding hydrogens is 324 g/mol. The summed E-state index contributed by atoms with van der Waals surface area (Å²) in [6, 6.07) is 0. The van der Waals surface area contributed by atoms with Gasteiger partial charge in [-0.2, -0.15) is 0 Å². The molecule has 2 rings (SSSR count). The first-order valence-electron chi connectivity index (χ1n) is 9.11. The lowest BCUT2D eigenvalue weighted by atomic mass is 10.1. The van der Waals surface area contributed by atoms with E-state index in [0.29, 0.717) is 31.9 Å². The Balaban J connectivity index is 2.13. The third-order valence-electron chi connectivity index (χ3n) is 4.53. The largest absolute Gasteiger partial charge is 0.481 e. The molecule has 0 saturated heterocycles. The first-order valence-corrected chi connectivity index (χ1v) is 9.11. The average Bonchev–Trinajstić information content (AvgIpc) is 2.85. The SMILES string of the molecule is CCOCCCN(CC(C)C(=O)O)C(=O)c1noc2c1CCCCC2. The summed E-state index contributed by atoms with van der Waals surface area (Å²) in [5.74, 6) is -0.985. The number of rotatable bonds is 9. The molecule has 25 heavy (non-hydrogen) atoms. The van der Waals surface area contributed by atoms with Crippen LogP contribution >= 0.6 is 0 Å². The third-order valence-corrected chi connectivity index (χ3v) is 4.53. The normalized spacial score (nSPS) is 15.3. The molecule has 1 aliphatic rings. The lowest BCUT2D eigenvalue weighted by Crippen LogP contribution is -2.38. The smallest absolute Gasteiger partial charge is 0.308 e. The quantitative estimate of drug-likeness (QED) is 0.542. The van der Waals surface area contributed by atoms with Crippen molar-refractivity contribution in [2.45, 2.75) is 52.4 Å². The second-order valence-corrected chi connectivity index (χ2v) is 6.53. The number of hydrogen-bond donors (Lipinski definition) is 1. The maximum atomic E-state index is 13.0. The second kappa shape index (κ2) is 9.56. The van der Waals surface area contributed by atoms with Crippen LogP contribution in [0.5, 0.6) is 0 Å². The van der Waals surface area contributed by atoms with Gasteiger partial charge in [0.1, 0.15) is 5.76 Å². The fraction of sp³-hybridized carbons (Fsp3) is 0.722. The summed E-state index contributed by atoms with van der Waals surface area (Å²) in [5.41, 5.74) is 1.26.